The lowest BCUT2D eigenvalue weighted by Gasteiger charge is -1.99. The summed E-state index contributed by atoms with van der Waals surface area (Å²) in [4.78, 5) is 17.9. The third kappa shape index (κ3) is 1.57. The van der Waals surface area contributed by atoms with E-state index in [1.54, 1.807) is 6.92 Å². The van der Waals surface area contributed by atoms with Crippen LogP contribution in [0.1, 0.15) is 21.9 Å². The lowest BCUT2D eigenvalue weighted by atomic mass is 10.2. The number of aryl methyl sites for hydroxylation is 1. The number of aliphatic hydroxyl groups excluding tert-OH is 1. The summed E-state index contributed by atoms with van der Waals surface area (Å²) in [6.07, 6.45) is 1.19. The number of carboxylic acids is 1. The van der Waals surface area contributed by atoms with Crippen molar-refractivity contribution in [3.8, 4) is 0 Å². The standard InChI is InChI=1S/C7H8N2O3/c1-4-5(7(11)12)2-8-6(3-10)9-4/h2,10H,3H2,1H3,(H,11,12). The maximum atomic E-state index is 10.5. The quantitative estimate of drug-likeness (QED) is 0.648. The second-order valence-corrected chi connectivity index (χ2v) is 2.25. The molecule has 0 aliphatic carbocycles. The van der Waals surface area contributed by atoms with E-state index in [9.17, 15) is 4.79 Å². The summed E-state index contributed by atoms with van der Waals surface area (Å²) in [5.74, 6) is -0.825. The van der Waals surface area contributed by atoms with Crippen molar-refractivity contribution in [2.75, 3.05) is 0 Å². The van der Waals surface area contributed by atoms with Crippen molar-refractivity contribution < 1.29 is 15.0 Å². The fourth-order valence-electron chi connectivity index (χ4n) is 0.801. The SMILES string of the molecule is Cc1nc(CO)ncc1C(=O)O. The summed E-state index contributed by atoms with van der Waals surface area (Å²) >= 11 is 0. The highest BCUT2D eigenvalue weighted by molar-refractivity contribution is 5.88. The molecule has 1 aromatic heterocycles. The first-order valence-electron chi connectivity index (χ1n) is 3.32. The van der Waals surface area contributed by atoms with Gasteiger partial charge in [0.15, 0.2) is 5.82 Å². The zero-order valence-corrected chi connectivity index (χ0v) is 6.48. The number of aromatic nitrogens is 2. The van der Waals surface area contributed by atoms with Crippen molar-refractivity contribution in [1.82, 2.24) is 9.97 Å². The van der Waals surface area contributed by atoms with Crippen molar-refractivity contribution >= 4 is 5.97 Å². The van der Waals surface area contributed by atoms with Crippen molar-refractivity contribution in [1.29, 1.82) is 0 Å². The Morgan fingerprint density at radius 3 is 2.75 bits per heavy atom. The van der Waals surface area contributed by atoms with Crippen molar-refractivity contribution in [3.05, 3.63) is 23.3 Å². The molecule has 0 bridgehead atoms. The molecule has 0 saturated heterocycles. The van der Waals surface area contributed by atoms with E-state index >= 15 is 0 Å². The van der Waals surface area contributed by atoms with Gasteiger partial charge in [0.05, 0.1) is 11.3 Å². The first kappa shape index (κ1) is 8.61. The van der Waals surface area contributed by atoms with Crippen LogP contribution in [-0.4, -0.2) is 26.2 Å². The highest BCUT2D eigenvalue weighted by Gasteiger charge is 2.08. The van der Waals surface area contributed by atoms with Gasteiger partial charge in [-0.2, -0.15) is 0 Å². The Labute approximate surface area is 68.7 Å². The van der Waals surface area contributed by atoms with Crippen molar-refractivity contribution in [2.45, 2.75) is 13.5 Å². The van der Waals surface area contributed by atoms with Crippen LogP contribution in [-0.2, 0) is 6.61 Å². The molecular weight excluding hydrogens is 160 g/mol. The molecule has 5 nitrogen and oxygen atoms in total. The molecule has 1 heterocycles. The largest absolute Gasteiger partial charge is 0.478 e. The molecule has 0 aliphatic heterocycles. The summed E-state index contributed by atoms with van der Waals surface area (Å²) in [7, 11) is 0. The minimum atomic E-state index is -1.06. The third-order valence-electron chi connectivity index (χ3n) is 1.40. The van der Waals surface area contributed by atoms with Gasteiger partial charge in [-0.1, -0.05) is 0 Å². The van der Waals surface area contributed by atoms with E-state index in [4.69, 9.17) is 10.2 Å². The molecule has 0 amide bonds. The van der Waals surface area contributed by atoms with E-state index in [-0.39, 0.29) is 18.0 Å². The Balaban J connectivity index is 3.12. The number of nitrogens with zero attached hydrogens (tertiary/aromatic N) is 2. The Morgan fingerprint density at radius 1 is 1.67 bits per heavy atom. The molecule has 1 aromatic rings. The topological polar surface area (TPSA) is 83.3 Å². The predicted octanol–water partition coefficient (Wildman–Crippen LogP) is -0.0245. The van der Waals surface area contributed by atoms with Crippen LogP contribution < -0.4 is 0 Å². The molecule has 0 fully saturated rings. The number of aliphatic hydroxyl groups is 1. The van der Waals surface area contributed by atoms with Crippen LogP contribution in [0.25, 0.3) is 0 Å². The number of carbonyl (C=O) groups is 1. The molecule has 0 saturated carbocycles. The number of hydrogen-bond donors (Lipinski definition) is 2. The van der Waals surface area contributed by atoms with Crippen molar-refractivity contribution in [2.24, 2.45) is 0 Å². The molecule has 12 heavy (non-hydrogen) atoms. The normalized spacial score (nSPS) is 9.83. The van der Waals surface area contributed by atoms with Crippen LogP contribution in [0.15, 0.2) is 6.20 Å². The highest BCUT2D eigenvalue weighted by atomic mass is 16.4. The van der Waals surface area contributed by atoms with Crippen molar-refractivity contribution in [3.63, 3.8) is 0 Å². The van der Waals surface area contributed by atoms with Gasteiger partial charge in [0, 0.05) is 6.20 Å². The molecule has 0 radical (unpaired) electrons. The van der Waals surface area contributed by atoms with Crippen LogP contribution in [0.5, 0.6) is 0 Å². The van der Waals surface area contributed by atoms with Crippen LogP contribution in [0.3, 0.4) is 0 Å². The van der Waals surface area contributed by atoms with E-state index < -0.39 is 5.97 Å². The van der Waals surface area contributed by atoms with Gasteiger partial charge in [0.25, 0.3) is 0 Å². The summed E-state index contributed by atoms with van der Waals surface area (Å²) < 4.78 is 0. The van der Waals surface area contributed by atoms with E-state index in [1.165, 1.54) is 6.20 Å². The number of aromatic carboxylic acids is 1. The molecule has 0 unspecified atom stereocenters. The maximum Gasteiger partial charge on any atom is 0.339 e. The highest BCUT2D eigenvalue weighted by Crippen LogP contribution is 2.03. The zero-order valence-electron chi connectivity index (χ0n) is 6.48. The first-order valence-corrected chi connectivity index (χ1v) is 3.32. The van der Waals surface area contributed by atoms with Gasteiger partial charge in [-0.05, 0) is 6.92 Å². The van der Waals surface area contributed by atoms with Crippen LogP contribution in [0.2, 0.25) is 0 Å². The second-order valence-electron chi connectivity index (χ2n) is 2.25. The Morgan fingerprint density at radius 2 is 2.33 bits per heavy atom. The number of carboxylic acid groups (broad SMARTS) is 1. The Kier molecular flexibility index (Phi) is 2.35. The van der Waals surface area contributed by atoms with Gasteiger partial charge in [-0.3, -0.25) is 0 Å². The minimum Gasteiger partial charge on any atom is -0.478 e. The van der Waals surface area contributed by atoms with E-state index in [0.717, 1.165) is 0 Å². The second kappa shape index (κ2) is 3.27. The monoisotopic (exact) mass is 168 g/mol. The van der Waals surface area contributed by atoms with E-state index in [1.807, 2.05) is 0 Å². The average molecular weight is 168 g/mol. The Bertz CT molecular complexity index is 312. The first-order chi connectivity index (χ1) is 5.65. The van der Waals surface area contributed by atoms with E-state index in [2.05, 4.69) is 9.97 Å². The molecular formula is C7H8N2O3. The molecule has 0 aromatic carbocycles. The fourth-order valence-corrected chi connectivity index (χ4v) is 0.801. The minimum absolute atomic E-state index is 0.0622. The summed E-state index contributed by atoms with van der Waals surface area (Å²) in [5.41, 5.74) is 0.425. The molecule has 0 spiro atoms. The molecule has 2 N–H and O–H groups in total. The zero-order chi connectivity index (χ0) is 9.14. The third-order valence-corrected chi connectivity index (χ3v) is 1.40. The summed E-state index contributed by atoms with van der Waals surface area (Å²) in [6.45, 7) is 1.28. The lowest BCUT2D eigenvalue weighted by Crippen LogP contribution is -2.05. The van der Waals surface area contributed by atoms with Gasteiger partial charge in [-0.25, -0.2) is 14.8 Å². The number of hydrogen-bond acceptors (Lipinski definition) is 4. The van der Waals surface area contributed by atoms with Crippen LogP contribution in [0.4, 0.5) is 0 Å². The summed E-state index contributed by atoms with van der Waals surface area (Å²) in [6, 6.07) is 0. The van der Waals surface area contributed by atoms with Gasteiger partial charge < -0.3 is 10.2 Å². The lowest BCUT2D eigenvalue weighted by molar-refractivity contribution is 0.0695. The smallest absolute Gasteiger partial charge is 0.339 e. The summed E-state index contributed by atoms with van der Waals surface area (Å²) in [5, 5.41) is 17.2. The van der Waals surface area contributed by atoms with Crippen LogP contribution in [0, 0.1) is 6.92 Å². The maximum absolute atomic E-state index is 10.5. The van der Waals surface area contributed by atoms with E-state index in [0.29, 0.717) is 5.69 Å². The van der Waals surface area contributed by atoms with Gasteiger partial charge in [-0.15, -0.1) is 0 Å². The molecule has 1 rings (SSSR count). The van der Waals surface area contributed by atoms with Gasteiger partial charge in [0.2, 0.25) is 0 Å². The number of rotatable bonds is 2. The fraction of sp³-hybridized carbons (Fsp3) is 0.286. The molecule has 5 heteroatoms. The molecule has 0 aliphatic rings. The Hall–Kier alpha value is -1.49. The van der Waals surface area contributed by atoms with Gasteiger partial charge >= 0.3 is 5.97 Å². The average Bonchev–Trinajstić information content (AvgIpc) is 2.03. The molecule has 64 valence electrons. The van der Waals surface area contributed by atoms with Gasteiger partial charge in [0.1, 0.15) is 6.61 Å². The predicted molar refractivity (Wildman–Crippen MR) is 39.7 cm³/mol. The van der Waals surface area contributed by atoms with Crippen LogP contribution >= 0.6 is 0 Å². The molecule has 0 atom stereocenters.